The molecule has 2 aromatic carbocycles. The zero-order valence-electron chi connectivity index (χ0n) is 12.7. The summed E-state index contributed by atoms with van der Waals surface area (Å²) in [6, 6.07) is 11.7. The first-order chi connectivity index (χ1) is 11.1. The summed E-state index contributed by atoms with van der Waals surface area (Å²) < 4.78 is 18.7. The third-order valence-electron chi connectivity index (χ3n) is 4.44. The minimum Gasteiger partial charge on any atom is -0.496 e. The summed E-state index contributed by atoms with van der Waals surface area (Å²) in [5.74, 6) is 0.0863. The van der Waals surface area contributed by atoms with Crippen LogP contribution in [0.4, 0.5) is 10.1 Å². The van der Waals surface area contributed by atoms with Gasteiger partial charge in [-0.1, -0.05) is 36.2 Å². The molecule has 3 rings (SSSR count). The first-order valence-corrected chi connectivity index (χ1v) is 7.84. The number of nitrogens with one attached hydrogen (secondary N) is 1. The minimum absolute atomic E-state index is 0.0113. The van der Waals surface area contributed by atoms with Crippen molar-refractivity contribution >= 4 is 23.2 Å². The van der Waals surface area contributed by atoms with Crippen LogP contribution in [0.2, 0.25) is 5.02 Å². The van der Waals surface area contributed by atoms with Gasteiger partial charge in [0.2, 0.25) is 5.91 Å². The number of hydrogen-bond donors (Lipinski definition) is 1. The lowest BCUT2D eigenvalue weighted by Crippen LogP contribution is -2.46. The average Bonchev–Trinajstić information content (AvgIpc) is 2.50. The van der Waals surface area contributed by atoms with E-state index >= 15 is 0 Å². The normalized spacial score (nSPS) is 15.6. The van der Waals surface area contributed by atoms with Crippen molar-refractivity contribution in [2.24, 2.45) is 0 Å². The Bertz CT molecular complexity index is 744. The van der Waals surface area contributed by atoms with Gasteiger partial charge in [0.15, 0.2) is 0 Å². The van der Waals surface area contributed by atoms with Crippen LogP contribution in [-0.4, -0.2) is 13.0 Å². The molecule has 23 heavy (non-hydrogen) atoms. The lowest BCUT2D eigenvalue weighted by Gasteiger charge is -2.41. The lowest BCUT2D eigenvalue weighted by molar-refractivity contribution is -0.124. The van der Waals surface area contributed by atoms with Gasteiger partial charge in [0.1, 0.15) is 11.6 Å². The van der Waals surface area contributed by atoms with Gasteiger partial charge in [0.25, 0.3) is 0 Å². The Morgan fingerprint density at radius 1 is 1.26 bits per heavy atom. The van der Waals surface area contributed by atoms with Crippen molar-refractivity contribution < 1.29 is 13.9 Å². The molecular formula is C18H17ClFNO2. The number of amides is 1. The molecule has 1 aliphatic rings. The van der Waals surface area contributed by atoms with Crippen LogP contribution >= 0.6 is 11.6 Å². The highest BCUT2D eigenvalue weighted by molar-refractivity contribution is 6.31. The quantitative estimate of drug-likeness (QED) is 0.891. The number of carbonyl (C=O) groups is 1. The van der Waals surface area contributed by atoms with Gasteiger partial charge in [-0.3, -0.25) is 4.79 Å². The van der Waals surface area contributed by atoms with Gasteiger partial charge in [-0.05, 0) is 37.1 Å². The third-order valence-corrected chi connectivity index (χ3v) is 4.73. The van der Waals surface area contributed by atoms with Crippen LogP contribution in [0, 0.1) is 5.82 Å². The molecule has 0 atom stereocenters. The highest BCUT2D eigenvalue weighted by Crippen LogP contribution is 2.47. The molecule has 0 unspecified atom stereocenters. The summed E-state index contributed by atoms with van der Waals surface area (Å²) >= 11 is 5.78. The number of para-hydroxylation sites is 1. The molecule has 1 fully saturated rings. The zero-order valence-corrected chi connectivity index (χ0v) is 13.5. The molecule has 0 aliphatic heterocycles. The van der Waals surface area contributed by atoms with Crippen molar-refractivity contribution in [3.05, 3.63) is 58.9 Å². The SMILES string of the molecule is COc1ccccc1C1(C(=O)Nc2ccc(F)c(Cl)c2)CCC1. The second-order valence-corrected chi connectivity index (χ2v) is 6.13. The molecule has 1 amide bonds. The fourth-order valence-corrected chi connectivity index (χ4v) is 3.19. The van der Waals surface area contributed by atoms with E-state index in [1.165, 1.54) is 18.2 Å². The van der Waals surface area contributed by atoms with Crippen molar-refractivity contribution in [2.45, 2.75) is 24.7 Å². The van der Waals surface area contributed by atoms with E-state index in [1.807, 2.05) is 24.3 Å². The topological polar surface area (TPSA) is 38.3 Å². The Kier molecular flexibility index (Phi) is 4.26. The summed E-state index contributed by atoms with van der Waals surface area (Å²) in [7, 11) is 1.60. The molecular weight excluding hydrogens is 317 g/mol. The van der Waals surface area contributed by atoms with E-state index in [0.717, 1.165) is 24.8 Å². The van der Waals surface area contributed by atoms with E-state index in [9.17, 15) is 9.18 Å². The first kappa shape index (κ1) is 15.8. The first-order valence-electron chi connectivity index (χ1n) is 7.47. The molecule has 1 saturated carbocycles. The van der Waals surface area contributed by atoms with Crippen molar-refractivity contribution in [3.63, 3.8) is 0 Å². The number of halogens is 2. The molecule has 1 aliphatic carbocycles. The van der Waals surface area contributed by atoms with Crippen LogP contribution in [0.25, 0.3) is 0 Å². The zero-order chi connectivity index (χ0) is 16.4. The second-order valence-electron chi connectivity index (χ2n) is 5.72. The van der Waals surface area contributed by atoms with Crippen molar-refractivity contribution in [1.82, 2.24) is 0 Å². The van der Waals surface area contributed by atoms with E-state index in [4.69, 9.17) is 16.3 Å². The largest absolute Gasteiger partial charge is 0.496 e. The number of rotatable bonds is 4. The van der Waals surface area contributed by atoms with Gasteiger partial charge in [-0.25, -0.2) is 4.39 Å². The number of carbonyl (C=O) groups excluding carboxylic acids is 1. The van der Waals surface area contributed by atoms with Crippen LogP contribution in [0.1, 0.15) is 24.8 Å². The van der Waals surface area contributed by atoms with Crippen molar-refractivity contribution in [3.8, 4) is 5.75 Å². The summed E-state index contributed by atoms with van der Waals surface area (Å²) in [6.45, 7) is 0. The molecule has 0 spiro atoms. The van der Waals surface area contributed by atoms with Gasteiger partial charge >= 0.3 is 0 Å². The maximum atomic E-state index is 13.2. The smallest absolute Gasteiger partial charge is 0.235 e. The van der Waals surface area contributed by atoms with Gasteiger partial charge in [-0.15, -0.1) is 0 Å². The Morgan fingerprint density at radius 3 is 2.61 bits per heavy atom. The van der Waals surface area contributed by atoms with Crippen LogP contribution in [0.15, 0.2) is 42.5 Å². The maximum Gasteiger partial charge on any atom is 0.235 e. The molecule has 120 valence electrons. The average molecular weight is 334 g/mol. The predicted molar refractivity (Wildman–Crippen MR) is 88.6 cm³/mol. The van der Waals surface area contributed by atoms with Crippen LogP contribution < -0.4 is 10.1 Å². The van der Waals surface area contributed by atoms with E-state index in [-0.39, 0.29) is 10.9 Å². The van der Waals surface area contributed by atoms with Crippen LogP contribution in [0.5, 0.6) is 5.75 Å². The summed E-state index contributed by atoms with van der Waals surface area (Å²) in [4.78, 5) is 12.9. The Hall–Kier alpha value is -2.07. The van der Waals surface area contributed by atoms with Gasteiger partial charge < -0.3 is 10.1 Å². The summed E-state index contributed by atoms with van der Waals surface area (Å²) in [6.07, 6.45) is 2.50. The number of anilines is 1. The highest BCUT2D eigenvalue weighted by atomic mass is 35.5. The lowest BCUT2D eigenvalue weighted by atomic mass is 9.63. The fourth-order valence-electron chi connectivity index (χ4n) is 3.01. The molecule has 5 heteroatoms. The molecule has 0 saturated heterocycles. The summed E-state index contributed by atoms with van der Waals surface area (Å²) in [5.41, 5.74) is 0.773. The Balaban J connectivity index is 1.90. The number of ether oxygens (including phenoxy) is 1. The van der Waals surface area contributed by atoms with E-state index < -0.39 is 11.2 Å². The van der Waals surface area contributed by atoms with Gasteiger partial charge in [0, 0.05) is 11.3 Å². The molecule has 0 aromatic heterocycles. The van der Waals surface area contributed by atoms with Gasteiger partial charge in [-0.2, -0.15) is 0 Å². The number of methoxy groups -OCH3 is 1. The minimum atomic E-state index is -0.604. The van der Waals surface area contributed by atoms with Gasteiger partial charge in [0.05, 0.1) is 17.5 Å². The van der Waals surface area contributed by atoms with Crippen molar-refractivity contribution in [1.29, 1.82) is 0 Å². The molecule has 0 radical (unpaired) electrons. The molecule has 3 nitrogen and oxygen atoms in total. The number of benzene rings is 2. The number of hydrogen-bond acceptors (Lipinski definition) is 2. The molecule has 1 N–H and O–H groups in total. The third kappa shape index (κ3) is 2.79. The second kappa shape index (κ2) is 6.20. The van der Waals surface area contributed by atoms with E-state index in [1.54, 1.807) is 7.11 Å². The maximum absolute atomic E-state index is 13.2. The Morgan fingerprint density at radius 2 is 2.00 bits per heavy atom. The highest BCUT2D eigenvalue weighted by Gasteiger charge is 2.47. The standard InChI is InChI=1S/C18H17ClFNO2/c1-23-16-6-3-2-5-13(16)18(9-4-10-18)17(22)21-12-7-8-15(20)14(19)11-12/h2-3,5-8,11H,4,9-10H2,1H3,(H,21,22). The molecule has 0 bridgehead atoms. The van der Waals surface area contributed by atoms with Crippen LogP contribution in [0.3, 0.4) is 0 Å². The predicted octanol–water partition coefficient (Wildman–Crippen LogP) is 4.55. The molecule has 0 heterocycles. The van der Waals surface area contributed by atoms with Crippen LogP contribution in [-0.2, 0) is 10.2 Å². The Labute approximate surface area is 139 Å². The fraction of sp³-hybridized carbons (Fsp3) is 0.278. The van der Waals surface area contributed by atoms with E-state index in [0.29, 0.717) is 11.4 Å². The monoisotopic (exact) mass is 333 g/mol. The molecule has 2 aromatic rings. The van der Waals surface area contributed by atoms with E-state index in [2.05, 4.69) is 5.32 Å². The van der Waals surface area contributed by atoms with Crippen molar-refractivity contribution in [2.75, 3.05) is 12.4 Å². The summed E-state index contributed by atoms with van der Waals surface area (Å²) in [5, 5.41) is 2.85.